The van der Waals surface area contributed by atoms with Crippen LogP contribution in [0.2, 0.25) is 5.15 Å². The molecule has 8 heteroatoms. The van der Waals surface area contributed by atoms with Crippen LogP contribution >= 0.6 is 11.6 Å². The monoisotopic (exact) mass is 424 g/mol. The lowest BCUT2D eigenvalue weighted by Gasteiger charge is -2.20. The summed E-state index contributed by atoms with van der Waals surface area (Å²) in [7, 11) is 3.75. The molecule has 1 aliphatic rings. The molecular formula is C22H25ClN6O. The normalized spacial score (nSPS) is 13.4. The van der Waals surface area contributed by atoms with Crippen LogP contribution in [-0.2, 0) is 13.7 Å². The van der Waals surface area contributed by atoms with Crippen LogP contribution in [0.4, 0.5) is 5.69 Å². The molecule has 1 aliphatic heterocycles. The van der Waals surface area contributed by atoms with Gasteiger partial charge in [-0.3, -0.25) is 9.69 Å². The molecule has 2 heterocycles. The van der Waals surface area contributed by atoms with Gasteiger partial charge >= 0.3 is 0 Å². The average Bonchev–Trinajstić information content (AvgIpc) is 3.26. The Morgan fingerprint density at radius 2 is 1.83 bits per heavy atom. The maximum absolute atomic E-state index is 6.28. The fourth-order valence-corrected chi connectivity index (χ4v) is 3.73. The molecule has 7 nitrogen and oxygen atoms in total. The maximum atomic E-state index is 6.28. The third-order valence-electron chi connectivity index (χ3n) is 5.32. The second kappa shape index (κ2) is 7.99. The van der Waals surface area contributed by atoms with Crippen molar-refractivity contribution in [3.8, 4) is 17.0 Å². The van der Waals surface area contributed by atoms with Crippen molar-refractivity contribution >= 4 is 17.3 Å². The average molecular weight is 425 g/mol. The molecule has 0 radical (unpaired) electrons. The van der Waals surface area contributed by atoms with Gasteiger partial charge in [0.05, 0.1) is 11.4 Å². The number of hydrogen-bond acceptors (Lipinski definition) is 6. The first kappa shape index (κ1) is 20.2. The molecule has 0 unspecified atom stereocenters. The minimum Gasteiger partial charge on any atom is -0.489 e. The highest BCUT2D eigenvalue weighted by molar-refractivity contribution is 6.30. The van der Waals surface area contributed by atoms with Crippen molar-refractivity contribution < 1.29 is 4.74 Å². The summed E-state index contributed by atoms with van der Waals surface area (Å²) in [5, 5.41) is 17.2. The molecule has 4 rings (SSSR count). The molecule has 0 N–H and O–H groups in total. The van der Waals surface area contributed by atoms with Gasteiger partial charge in [-0.2, -0.15) is 5.10 Å². The molecule has 0 atom stereocenters. The molecule has 0 saturated heterocycles. The zero-order valence-electron chi connectivity index (χ0n) is 17.8. The van der Waals surface area contributed by atoms with E-state index >= 15 is 0 Å². The molecule has 0 aliphatic carbocycles. The Labute approximate surface area is 181 Å². The van der Waals surface area contributed by atoms with Gasteiger partial charge in [0.2, 0.25) is 0 Å². The van der Waals surface area contributed by atoms with Gasteiger partial charge in [0, 0.05) is 30.8 Å². The van der Waals surface area contributed by atoms with Gasteiger partial charge in [-0.1, -0.05) is 29.0 Å². The van der Waals surface area contributed by atoms with E-state index in [2.05, 4.69) is 34.6 Å². The second-order valence-corrected chi connectivity index (χ2v) is 7.97. The Kier molecular flexibility index (Phi) is 5.39. The number of benzene rings is 2. The Balaban J connectivity index is 1.56. The van der Waals surface area contributed by atoms with Crippen LogP contribution in [-0.4, -0.2) is 28.5 Å². The Morgan fingerprint density at radius 1 is 1.03 bits per heavy atom. The smallest absolute Gasteiger partial charge is 0.132 e. The van der Waals surface area contributed by atoms with E-state index < -0.39 is 0 Å². The van der Waals surface area contributed by atoms with Crippen LogP contribution in [0.15, 0.2) is 46.8 Å². The predicted molar refractivity (Wildman–Crippen MR) is 119 cm³/mol. The third-order valence-corrected chi connectivity index (χ3v) is 5.85. The molecule has 1 aromatic heterocycles. The fraction of sp³-hybridized carbons (Fsp3) is 0.318. The number of aromatic nitrogens is 2. The molecule has 0 bridgehead atoms. The van der Waals surface area contributed by atoms with E-state index in [9.17, 15) is 0 Å². The molecule has 30 heavy (non-hydrogen) atoms. The van der Waals surface area contributed by atoms with Crippen molar-refractivity contribution in [3.05, 3.63) is 63.8 Å². The summed E-state index contributed by atoms with van der Waals surface area (Å²) >= 11 is 6.28. The molecule has 2 aromatic carbocycles. The largest absolute Gasteiger partial charge is 0.489 e. The summed E-state index contributed by atoms with van der Waals surface area (Å²) in [6.07, 6.45) is 0. The first-order chi connectivity index (χ1) is 14.3. The molecule has 0 amide bonds. The van der Waals surface area contributed by atoms with Crippen LogP contribution < -0.4 is 9.75 Å². The molecule has 3 aromatic rings. The summed E-state index contributed by atoms with van der Waals surface area (Å²) in [6, 6.07) is 12.3. The van der Waals surface area contributed by atoms with E-state index in [4.69, 9.17) is 16.3 Å². The van der Waals surface area contributed by atoms with Crippen molar-refractivity contribution in [2.24, 2.45) is 17.5 Å². The first-order valence-corrected chi connectivity index (χ1v) is 10.1. The van der Waals surface area contributed by atoms with Gasteiger partial charge < -0.3 is 4.74 Å². The molecular weight excluding hydrogens is 400 g/mol. The fourth-order valence-electron chi connectivity index (χ4n) is 3.60. The van der Waals surface area contributed by atoms with Gasteiger partial charge in [0.1, 0.15) is 24.2 Å². The lowest BCUT2D eigenvalue weighted by atomic mass is 10.1. The summed E-state index contributed by atoms with van der Waals surface area (Å²) in [4.78, 5) is 0. The van der Waals surface area contributed by atoms with Crippen molar-refractivity contribution in [1.29, 1.82) is 0 Å². The summed E-state index contributed by atoms with van der Waals surface area (Å²) in [5.41, 5.74) is 7.20. The van der Waals surface area contributed by atoms with Crippen molar-refractivity contribution in [2.45, 2.75) is 27.4 Å². The molecule has 0 saturated carbocycles. The van der Waals surface area contributed by atoms with Gasteiger partial charge in [-0.25, -0.2) is 5.01 Å². The Hall–Kier alpha value is -3.06. The molecule has 0 fully saturated rings. The highest BCUT2D eigenvalue weighted by Crippen LogP contribution is 2.32. The SMILES string of the molecule is Cc1cc(-c2nn(C)c(Cl)c2C)ccc1OCc1c(C)cccc1N1CN(C)N=N1. The number of halogens is 1. The molecule has 156 valence electrons. The number of aryl methyl sites for hydroxylation is 3. The summed E-state index contributed by atoms with van der Waals surface area (Å²) < 4.78 is 7.91. The van der Waals surface area contributed by atoms with Crippen LogP contribution in [0.1, 0.15) is 22.3 Å². The van der Waals surface area contributed by atoms with E-state index in [0.717, 1.165) is 44.9 Å². The third kappa shape index (κ3) is 3.73. The highest BCUT2D eigenvalue weighted by atomic mass is 35.5. The predicted octanol–water partition coefficient (Wildman–Crippen LogP) is 5.24. The second-order valence-electron chi connectivity index (χ2n) is 7.61. The van der Waals surface area contributed by atoms with Gasteiger partial charge in [-0.15, -0.1) is 0 Å². The first-order valence-electron chi connectivity index (χ1n) is 9.77. The Morgan fingerprint density at radius 3 is 2.47 bits per heavy atom. The van der Waals surface area contributed by atoms with Crippen molar-refractivity contribution in [1.82, 2.24) is 14.8 Å². The van der Waals surface area contributed by atoms with Gasteiger partial charge in [0.15, 0.2) is 0 Å². The summed E-state index contributed by atoms with van der Waals surface area (Å²) in [6.45, 7) is 7.18. The van der Waals surface area contributed by atoms with Gasteiger partial charge in [0.25, 0.3) is 0 Å². The van der Waals surface area contributed by atoms with Crippen LogP contribution in [0.3, 0.4) is 0 Å². The number of hydrogen-bond donors (Lipinski definition) is 0. The zero-order chi connectivity index (χ0) is 21.4. The quantitative estimate of drug-likeness (QED) is 0.562. The topological polar surface area (TPSA) is 58.2 Å². The van der Waals surface area contributed by atoms with Crippen molar-refractivity contribution in [3.63, 3.8) is 0 Å². The zero-order valence-corrected chi connectivity index (χ0v) is 18.6. The number of rotatable bonds is 5. The number of anilines is 1. The van der Waals surface area contributed by atoms with E-state index in [1.165, 1.54) is 0 Å². The number of ether oxygens (including phenoxy) is 1. The van der Waals surface area contributed by atoms with Crippen LogP contribution in [0.25, 0.3) is 11.3 Å². The van der Waals surface area contributed by atoms with Crippen molar-refractivity contribution in [2.75, 3.05) is 18.7 Å². The highest BCUT2D eigenvalue weighted by Gasteiger charge is 2.19. The Bertz CT molecular complexity index is 1120. The van der Waals surface area contributed by atoms with E-state index in [1.807, 2.05) is 57.2 Å². The lowest BCUT2D eigenvalue weighted by molar-refractivity contribution is 0.303. The van der Waals surface area contributed by atoms with E-state index in [1.54, 1.807) is 9.69 Å². The van der Waals surface area contributed by atoms with Gasteiger partial charge in [-0.05, 0) is 61.4 Å². The number of nitrogens with zero attached hydrogens (tertiary/aromatic N) is 6. The van der Waals surface area contributed by atoms with Crippen LogP contribution in [0.5, 0.6) is 5.75 Å². The standard InChI is InChI=1S/C22H25ClN6O/c1-14-7-6-8-19(29-13-27(4)25-26-29)18(14)12-30-20-10-9-17(11-15(20)2)21-16(3)22(23)28(5)24-21/h6-11H,12-13H2,1-5H3. The lowest BCUT2D eigenvalue weighted by Crippen LogP contribution is -2.23. The maximum Gasteiger partial charge on any atom is 0.132 e. The minimum atomic E-state index is 0.451. The van der Waals surface area contributed by atoms with E-state index in [-0.39, 0.29) is 0 Å². The minimum absolute atomic E-state index is 0.451. The van der Waals surface area contributed by atoms with E-state index in [0.29, 0.717) is 18.4 Å². The van der Waals surface area contributed by atoms with Crippen LogP contribution in [0, 0.1) is 20.8 Å². The molecule has 0 spiro atoms. The summed E-state index contributed by atoms with van der Waals surface area (Å²) in [5.74, 6) is 0.841.